The van der Waals surface area contributed by atoms with Gasteiger partial charge in [-0.1, -0.05) is 36.7 Å². The molecule has 1 amide bonds. The number of hydrogen-bond donors (Lipinski definition) is 1. The molecule has 0 saturated carbocycles. The second-order valence-corrected chi connectivity index (χ2v) is 7.90. The lowest BCUT2D eigenvalue weighted by atomic mass is 10.2. The summed E-state index contributed by atoms with van der Waals surface area (Å²) in [5, 5.41) is 4.70. The molecular formula is C24H22BrClN2O3. The molecule has 1 N–H and O–H groups in total. The van der Waals surface area contributed by atoms with Crippen molar-refractivity contribution in [2.24, 2.45) is 5.10 Å². The van der Waals surface area contributed by atoms with Crippen molar-refractivity contribution in [1.82, 2.24) is 5.43 Å². The van der Waals surface area contributed by atoms with E-state index in [1.54, 1.807) is 30.5 Å². The first-order chi connectivity index (χ1) is 15.1. The highest BCUT2D eigenvalue weighted by molar-refractivity contribution is 9.10. The molecule has 3 rings (SSSR count). The summed E-state index contributed by atoms with van der Waals surface area (Å²) in [5.74, 6) is 1.13. The van der Waals surface area contributed by atoms with Gasteiger partial charge in [0.05, 0.1) is 17.3 Å². The van der Waals surface area contributed by atoms with Crippen LogP contribution in [0.15, 0.2) is 76.3 Å². The molecule has 160 valence electrons. The molecular weight excluding hydrogens is 480 g/mol. The number of hydrogen-bond acceptors (Lipinski definition) is 4. The first-order valence-electron chi connectivity index (χ1n) is 9.79. The van der Waals surface area contributed by atoms with Crippen LogP contribution < -0.4 is 14.9 Å². The van der Waals surface area contributed by atoms with Crippen LogP contribution in [0.5, 0.6) is 11.5 Å². The van der Waals surface area contributed by atoms with Crippen molar-refractivity contribution in [1.29, 1.82) is 0 Å². The van der Waals surface area contributed by atoms with Crippen LogP contribution in [0.4, 0.5) is 0 Å². The van der Waals surface area contributed by atoms with E-state index in [0.717, 1.165) is 27.8 Å². The van der Waals surface area contributed by atoms with Crippen LogP contribution in [0.2, 0.25) is 5.02 Å². The molecule has 5 nitrogen and oxygen atoms in total. The van der Waals surface area contributed by atoms with Crippen molar-refractivity contribution in [3.63, 3.8) is 0 Å². The van der Waals surface area contributed by atoms with Gasteiger partial charge in [0, 0.05) is 16.1 Å². The van der Waals surface area contributed by atoms with Gasteiger partial charge in [-0.2, -0.15) is 5.10 Å². The second kappa shape index (κ2) is 11.5. The van der Waals surface area contributed by atoms with E-state index in [1.165, 1.54) is 0 Å². The number of rotatable bonds is 9. The molecule has 0 aliphatic rings. The number of hydrazone groups is 1. The molecule has 0 atom stereocenters. The maximum atomic E-state index is 12.2. The molecule has 0 bridgehead atoms. The molecule has 0 aliphatic carbocycles. The molecule has 0 heterocycles. The van der Waals surface area contributed by atoms with E-state index in [2.05, 4.69) is 26.5 Å². The van der Waals surface area contributed by atoms with E-state index in [0.29, 0.717) is 29.5 Å². The van der Waals surface area contributed by atoms with E-state index in [-0.39, 0.29) is 5.91 Å². The predicted octanol–water partition coefficient (Wildman–Crippen LogP) is 6.23. The highest BCUT2D eigenvalue weighted by atomic mass is 79.9. The molecule has 3 aromatic carbocycles. The van der Waals surface area contributed by atoms with Gasteiger partial charge in [0.15, 0.2) is 0 Å². The van der Waals surface area contributed by atoms with Crippen molar-refractivity contribution < 1.29 is 14.3 Å². The lowest BCUT2D eigenvalue weighted by molar-refractivity contribution is 0.0955. The molecule has 0 radical (unpaired) electrons. The second-order valence-electron chi connectivity index (χ2n) is 6.64. The molecule has 0 aliphatic heterocycles. The van der Waals surface area contributed by atoms with Gasteiger partial charge >= 0.3 is 0 Å². The van der Waals surface area contributed by atoms with Crippen molar-refractivity contribution in [2.45, 2.75) is 20.0 Å². The number of carbonyl (C=O) groups is 1. The van der Waals surface area contributed by atoms with Crippen LogP contribution in [0.25, 0.3) is 0 Å². The van der Waals surface area contributed by atoms with Gasteiger partial charge < -0.3 is 9.47 Å². The average Bonchev–Trinajstić information content (AvgIpc) is 2.78. The van der Waals surface area contributed by atoms with Crippen molar-refractivity contribution >= 4 is 39.7 Å². The van der Waals surface area contributed by atoms with E-state index < -0.39 is 0 Å². The predicted molar refractivity (Wildman–Crippen MR) is 127 cm³/mol. The summed E-state index contributed by atoms with van der Waals surface area (Å²) >= 11 is 9.66. The minimum absolute atomic E-state index is 0.294. The summed E-state index contributed by atoms with van der Waals surface area (Å²) in [6, 6.07) is 20.0. The quantitative estimate of drug-likeness (QED) is 0.279. The SMILES string of the molecule is CCCOc1ccc(C(=O)N/N=C/c2ccc(OCc3ccccc3Cl)c(Br)c2)cc1. The number of nitrogens with one attached hydrogen (secondary N) is 1. The minimum Gasteiger partial charge on any atom is -0.494 e. The zero-order chi connectivity index (χ0) is 22.1. The molecule has 31 heavy (non-hydrogen) atoms. The summed E-state index contributed by atoms with van der Waals surface area (Å²) in [4.78, 5) is 12.2. The third-order valence-electron chi connectivity index (χ3n) is 4.27. The summed E-state index contributed by atoms with van der Waals surface area (Å²) in [5.41, 5.74) is 4.75. The van der Waals surface area contributed by atoms with Gasteiger partial charge in [0.25, 0.3) is 5.91 Å². The normalized spacial score (nSPS) is 10.8. The lowest BCUT2D eigenvalue weighted by Gasteiger charge is -2.10. The summed E-state index contributed by atoms with van der Waals surface area (Å²) in [7, 11) is 0. The van der Waals surface area contributed by atoms with Crippen LogP contribution in [0.3, 0.4) is 0 Å². The van der Waals surface area contributed by atoms with E-state index in [9.17, 15) is 4.79 Å². The van der Waals surface area contributed by atoms with Gasteiger partial charge in [0.2, 0.25) is 0 Å². The number of ether oxygens (including phenoxy) is 2. The molecule has 0 saturated heterocycles. The van der Waals surface area contributed by atoms with E-state index in [1.807, 2.05) is 49.4 Å². The fraction of sp³-hybridized carbons (Fsp3) is 0.167. The number of halogens is 2. The van der Waals surface area contributed by atoms with Crippen LogP contribution in [0, 0.1) is 0 Å². The smallest absolute Gasteiger partial charge is 0.271 e. The monoisotopic (exact) mass is 500 g/mol. The number of carbonyl (C=O) groups excluding carboxylic acids is 1. The van der Waals surface area contributed by atoms with E-state index >= 15 is 0 Å². The average molecular weight is 502 g/mol. The van der Waals surface area contributed by atoms with Gasteiger partial charge in [-0.15, -0.1) is 0 Å². The third kappa shape index (κ3) is 6.84. The van der Waals surface area contributed by atoms with Gasteiger partial charge in [-0.05, 0) is 76.4 Å². The van der Waals surface area contributed by atoms with Crippen LogP contribution in [-0.2, 0) is 6.61 Å². The van der Waals surface area contributed by atoms with Crippen LogP contribution in [-0.4, -0.2) is 18.7 Å². The van der Waals surface area contributed by atoms with Crippen molar-refractivity contribution in [2.75, 3.05) is 6.61 Å². The lowest BCUT2D eigenvalue weighted by Crippen LogP contribution is -2.17. The Morgan fingerprint density at radius 3 is 2.58 bits per heavy atom. The zero-order valence-corrected chi connectivity index (χ0v) is 19.3. The van der Waals surface area contributed by atoms with Gasteiger partial charge in [-0.3, -0.25) is 4.79 Å². The summed E-state index contributed by atoms with van der Waals surface area (Å²) < 4.78 is 12.1. The van der Waals surface area contributed by atoms with E-state index in [4.69, 9.17) is 21.1 Å². The minimum atomic E-state index is -0.294. The largest absolute Gasteiger partial charge is 0.494 e. The fourth-order valence-corrected chi connectivity index (χ4v) is 3.34. The molecule has 3 aromatic rings. The first kappa shape index (κ1) is 22.8. The first-order valence-corrected chi connectivity index (χ1v) is 11.0. The Bertz CT molecular complexity index is 1050. The maximum absolute atomic E-state index is 12.2. The Morgan fingerprint density at radius 2 is 1.87 bits per heavy atom. The van der Waals surface area contributed by atoms with Crippen LogP contribution in [0.1, 0.15) is 34.8 Å². The van der Waals surface area contributed by atoms with Gasteiger partial charge in [0.1, 0.15) is 18.1 Å². The number of benzene rings is 3. The molecule has 0 unspecified atom stereocenters. The molecule has 0 spiro atoms. The Balaban J connectivity index is 1.54. The summed E-state index contributed by atoms with van der Waals surface area (Å²) in [6.45, 7) is 3.05. The highest BCUT2D eigenvalue weighted by Gasteiger charge is 2.06. The topological polar surface area (TPSA) is 59.9 Å². The Kier molecular flexibility index (Phi) is 8.50. The third-order valence-corrected chi connectivity index (χ3v) is 5.25. The Hall–Kier alpha value is -2.83. The van der Waals surface area contributed by atoms with Crippen molar-refractivity contribution in [3.8, 4) is 11.5 Å². The van der Waals surface area contributed by atoms with Crippen molar-refractivity contribution in [3.05, 3.63) is 92.9 Å². The standard InChI is InChI=1S/C24H22BrClN2O3/c1-2-13-30-20-10-8-18(9-11-20)24(29)28-27-15-17-7-12-23(21(25)14-17)31-16-19-5-3-4-6-22(19)26/h3-12,14-15H,2,13,16H2,1H3,(H,28,29)/b27-15+. The number of amides is 1. The fourth-order valence-electron chi connectivity index (χ4n) is 2.64. The van der Waals surface area contributed by atoms with Crippen LogP contribution >= 0.6 is 27.5 Å². The molecule has 0 fully saturated rings. The highest BCUT2D eigenvalue weighted by Crippen LogP contribution is 2.27. The molecule has 7 heteroatoms. The van der Waals surface area contributed by atoms with Gasteiger partial charge in [-0.25, -0.2) is 5.43 Å². The Labute approximate surface area is 195 Å². The maximum Gasteiger partial charge on any atom is 0.271 e. The zero-order valence-electron chi connectivity index (χ0n) is 17.0. The Morgan fingerprint density at radius 1 is 1.10 bits per heavy atom. The molecule has 0 aromatic heterocycles. The summed E-state index contributed by atoms with van der Waals surface area (Å²) in [6.07, 6.45) is 2.50. The number of nitrogens with zero attached hydrogens (tertiary/aromatic N) is 1.